The Kier molecular flexibility index (Phi) is 16.4. The topological polar surface area (TPSA) is 89.6 Å². The third kappa shape index (κ3) is 14.5. The molecule has 0 bridgehead atoms. The first-order valence-corrected chi connectivity index (χ1v) is 13.7. The SMILES string of the molecule is CCC(CCCO)CC(CC)CCOCCCCC(CC)(CC)CCS(N)(=O)=O. The van der Waals surface area contributed by atoms with E-state index in [9.17, 15) is 8.42 Å². The van der Waals surface area contributed by atoms with Gasteiger partial charge in [0.05, 0.1) is 5.75 Å². The molecule has 6 heteroatoms. The third-order valence-corrected chi connectivity index (χ3v) is 7.70. The van der Waals surface area contributed by atoms with Crippen LogP contribution >= 0.6 is 0 Å². The van der Waals surface area contributed by atoms with Gasteiger partial charge in [0.2, 0.25) is 10.0 Å². The number of aliphatic hydroxyl groups excluding tert-OH is 1. The summed E-state index contributed by atoms with van der Waals surface area (Å²) in [6, 6.07) is 0. The van der Waals surface area contributed by atoms with Crippen LogP contribution in [0, 0.1) is 17.3 Å². The number of primary sulfonamides is 1. The quantitative estimate of drug-likeness (QED) is 0.255. The largest absolute Gasteiger partial charge is 0.396 e. The van der Waals surface area contributed by atoms with E-state index < -0.39 is 10.0 Å². The standard InChI is InChI=1S/C23H49NO4S/c1-5-21(12-11-16-25)20-22(6-2)13-18-28-17-10-9-14-23(7-3,8-4)15-19-29(24,26)27/h21-22,25H,5-20H2,1-4H3,(H2,24,26,27). The van der Waals surface area contributed by atoms with Crippen molar-refractivity contribution in [3.8, 4) is 0 Å². The molecule has 0 amide bonds. The fraction of sp³-hybridized carbons (Fsp3) is 1.00. The van der Waals surface area contributed by atoms with Gasteiger partial charge in [-0.1, -0.05) is 59.8 Å². The molecular weight excluding hydrogens is 386 g/mol. The highest BCUT2D eigenvalue weighted by atomic mass is 32.2. The fourth-order valence-electron chi connectivity index (χ4n) is 4.33. The molecule has 29 heavy (non-hydrogen) atoms. The van der Waals surface area contributed by atoms with Crippen molar-refractivity contribution in [2.24, 2.45) is 22.4 Å². The van der Waals surface area contributed by atoms with Gasteiger partial charge in [-0.2, -0.15) is 0 Å². The second-order valence-electron chi connectivity index (χ2n) is 8.83. The van der Waals surface area contributed by atoms with Gasteiger partial charge in [0.25, 0.3) is 0 Å². The number of nitrogens with two attached hydrogens (primary N) is 1. The van der Waals surface area contributed by atoms with Crippen LogP contribution in [0.5, 0.6) is 0 Å². The summed E-state index contributed by atoms with van der Waals surface area (Å²) in [5, 5.41) is 14.2. The van der Waals surface area contributed by atoms with Crippen LogP contribution in [0.25, 0.3) is 0 Å². The predicted octanol–water partition coefficient (Wildman–Crippen LogP) is 5.26. The summed E-state index contributed by atoms with van der Waals surface area (Å²) in [6.45, 7) is 10.7. The van der Waals surface area contributed by atoms with Crippen LogP contribution in [0.4, 0.5) is 0 Å². The molecule has 2 atom stereocenters. The van der Waals surface area contributed by atoms with E-state index in [-0.39, 0.29) is 11.2 Å². The Morgan fingerprint density at radius 3 is 2.03 bits per heavy atom. The molecule has 0 saturated heterocycles. The van der Waals surface area contributed by atoms with E-state index in [4.69, 9.17) is 15.0 Å². The van der Waals surface area contributed by atoms with E-state index in [2.05, 4.69) is 27.7 Å². The van der Waals surface area contributed by atoms with Crippen molar-refractivity contribution < 1.29 is 18.3 Å². The number of rotatable bonds is 20. The lowest BCUT2D eigenvalue weighted by Crippen LogP contribution is -2.26. The van der Waals surface area contributed by atoms with E-state index >= 15 is 0 Å². The van der Waals surface area contributed by atoms with Crippen molar-refractivity contribution >= 4 is 10.0 Å². The molecule has 0 radical (unpaired) electrons. The summed E-state index contributed by atoms with van der Waals surface area (Å²) in [6.07, 6.45) is 12.6. The maximum atomic E-state index is 11.3. The molecule has 0 fully saturated rings. The zero-order valence-corrected chi connectivity index (χ0v) is 20.4. The van der Waals surface area contributed by atoms with Gasteiger partial charge < -0.3 is 9.84 Å². The van der Waals surface area contributed by atoms with Crippen molar-refractivity contribution in [2.75, 3.05) is 25.6 Å². The molecule has 5 nitrogen and oxygen atoms in total. The van der Waals surface area contributed by atoms with Gasteiger partial charge >= 0.3 is 0 Å². The maximum absolute atomic E-state index is 11.3. The highest BCUT2D eigenvalue weighted by molar-refractivity contribution is 7.89. The Balaban J connectivity index is 4.08. The van der Waals surface area contributed by atoms with Crippen LogP contribution < -0.4 is 5.14 Å². The second kappa shape index (κ2) is 16.5. The Hall–Kier alpha value is -0.170. The first-order valence-electron chi connectivity index (χ1n) is 11.9. The lowest BCUT2D eigenvalue weighted by molar-refractivity contribution is 0.106. The fourth-order valence-corrected chi connectivity index (χ4v) is 5.04. The van der Waals surface area contributed by atoms with Gasteiger partial charge in [-0.05, 0) is 62.2 Å². The van der Waals surface area contributed by atoms with E-state index in [1.165, 1.54) is 19.3 Å². The van der Waals surface area contributed by atoms with Crippen molar-refractivity contribution in [2.45, 2.75) is 105 Å². The first kappa shape index (κ1) is 28.8. The highest BCUT2D eigenvalue weighted by Crippen LogP contribution is 2.36. The van der Waals surface area contributed by atoms with E-state index in [0.717, 1.165) is 70.5 Å². The van der Waals surface area contributed by atoms with Crippen LogP contribution in [0.15, 0.2) is 0 Å². The summed E-state index contributed by atoms with van der Waals surface area (Å²) in [4.78, 5) is 0. The maximum Gasteiger partial charge on any atom is 0.209 e. The van der Waals surface area contributed by atoms with E-state index in [1.54, 1.807) is 0 Å². The van der Waals surface area contributed by atoms with Crippen molar-refractivity contribution in [3.63, 3.8) is 0 Å². The molecular formula is C23H49NO4S. The monoisotopic (exact) mass is 435 g/mol. The minimum absolute atomic E-state index is 0.0840. The van der Waals surface area contributed by atoms with Crippen LogP contribution in [0.1, 0.15) is 105 Å². The Labute approximate surface area is 181 Å². The van der Waals surface area contributed by atoms with Crippen LogP contribution in [0.3, 0.4) is 0 Å². The zero-order valence-electron chi connectivity index (χ0n) is 19.6. The molecule has 0 aliphatic rings. The number of aliphatic hydroxyl groups is 1. The third-order valence-electron chi connectivity index (χ3n) is 6.92. The molecule has 0 aromatic heterocycles. The van der Waals surface area contributed by atoms with Crippen molar-refractivity contribution in [1.29, 1.82) is 0 Å². The molecule has 0 aromatic carbocycles. The summed E-state index contributed by atoms with van der Waals surface area (Å²) >= 11 is 0. The zero-order chi connectivity index (χ0) is 22.2. The van der Waals surface area contributed by atoms with Gasteiger partial charge in [-0.3, -0.25) is 0 Å². The number of unbranched alkanes of at least 4 members (excludes halogenated alkanes) is 1. The molecule has 0 rings (SSSR count). The lowest BCUT2D eigenvalue weighted by atomic mass is 9.76. The molecule has 176 valence electrons. The minimum Gasteiger partial charge on any atom is -0.396 e. The van der Waals surface area contributed by atoms with E-state index in [0.29, 0.717) is 18.9 Å². The minimum atomic E-state index is -3.38. The predicted molar refractivity (Wildman–Crippen MR) is 123 cm³/mol. The highest BCUT2D eigenvalue weighted by Gasteiger charge is 2.27. The summed E-state index contributed by atoms with van der Waals surface area (Å²) in [7, 11) is -3.38. The van der Waals surface area contributed by atoms with Gasteiger partial charge in [0.15, 0.2) is 0 Å². The molecule has 0 aliphatic carbocycles. The Morgan fingerprint density at radius 1 is 0.897 bits per heavy atom. The summed E-state index contributed by atoms with van der Waals surface area (Å²) in [5.41, 5.74) is 0.0868. The number of hydrogen-bond donors (Lipinski definition) is 2. The van der Waals surface area contributed by atoms with Gasteiger partial charge in [0.1, 0.15) is 0 Å². The molecule has 3 N–H and O–H groups in total. The number of sulfonamides is 1. The van der Waals surface area contributed by atoms with Gasteiger partial charge in [-0.25, -0.2) is 13.6 Å². The molecule has 0 spiro atoms. The summed E-state index contributed by atoms with van der Waals surface area (Å²) in [5.74, 6) is 1.52. The lowest BCUT2D eigenvalue weighted by Gasteiger charge is -2.31. The molecule has 0 saturated carbocycles. The van der Waals surface area contributed by atoms with E-state index in [1.807, 2.05) is 0 Å². The molecule has 0 aromatic rings. The smallest absolute Gasteiger partial charge is 0.209 e. The summed E-state index contributed by atoms with van der Waals surface area (Å²) < 4.78 is 28.5. The normalized spacial score (nSPS) is 14.8. The Bertz CT molecular complexity index is 477. The average Bonchev–Trinajstić information content (AvgIpc) is 2.70. The molecule has 2 unspecified atom stereocenters. The van der Waals surface area contributed by atoms with Crippen molar-refractivity contribution in [1.82, 2.24) is 0 Å². The molecule has 0 heterocycles. The number of hydrogen-bond acceptors (Lipinski definition) is 4. The van der Waals surface area contributed by atoms with Crippen LogP contribution in [-0.4, -0.2) is 39.1 Å². The molecule has 0 aliphatic heterocycles. The van der Waals surface area contributed by atoms with Crippen LogP contribution in [0.2, 0.25) is 0 Å². The van der Waals surface area contributed by atoms with Gasteiger partial charge in [-0.15, -0.1) is 0 Å². The second-order valence-corrected chi connectivity index (χ2v) is 10.6. The van der Waals surface area contributed by atoms with Crippen molar-refractivity contribution in [3.05, 3.63) is 0 Å². The van der Waals surface area contributed by atoms with Crippen LogP contribution in [-0.2, 0) is 14.8 Å². The van der Waals surface area contributed by atoms with Gasteiger partial charge in [0, 0.05) is 19.8 Å². The number of ether oxygens (including phenoxy) is 1. The average molecular weight is 436 g/mol. The first-order chi connectivity index (χ1) is 13.8. The Morgan fingerprint density at radius 2 is 1.52 bits per heavy atom.